The number of hydrogen-bond donors (Lipinski definition) is 0. The lowest BCUT2D eigenvalue weighted by atomic mass is 9.99. The maximum absolute atomic E-state index is 6.82. The molecule has 0 spiro atoms. The zero-order chi connectivity index (χ0) is 41.4. The van der Waals surface area contributed by atoms with Gasteiger partial charge in [-0.1, -0.05) is 164 Å². The Morgan fingerprint density at radius 1 is 0.302 bits per heavy atom. The summed E-state index contributed by atoms with van der Waals surface area (Å²) in [6, 6.07) is 83.5. The van der Waals surface area contributed by atoms with Crippen LogP contribution < -0.4 is 4.90 Å². The summed E-state index contributed by atoms with van der Waals surface area (Å²) in [6.07, 6.45) is 0. The van der Waals surface area contributed by atoms with Crippen LogP contribution in [0.25, 0.3) is 104 Å². The molecule has 0 atom stereocenters. The summed E-state index contributed by atoms with van der Waals surface area (Å²) in [6.45, 7) is 0. The number of fused-ring (bicyclic) bond motifs is 11. The van der Waals surface area contributed by atoms with E-state index in [1.807, 2.05) is 0 Å². The predicted octanol–water partition coefficient (Wildman–Crippen LogP) is 16.9. The Balaban J connectivity index is 0.949. The number of hydrogen-bond acceptors (Lipinski definition) is 2. The SMILES string of the molecule is c1cc(-c2cccc3c2oc2c4ccccc4ccc32)cc(N(c2ccc(-c3cccc(-n4c5ccccc5c5ccccc54)c3)cc2)c2ccc3ccc4ccccc4c3c2)c1. The van der Waals surface area contributed by atoms with Crippen LogP contribution in [0.1, 0.15) is 0 Å². The van der Waals surface area contributed by atoms with Crippen molar-refractivity contribution in [2.75, 3.05) is 4.90 Å². The topological polar surface area (TPSA) is 21.3 Å². The van der Waals surface area contributed by atoms with Gasteiger partial charge in [0.05, 0.1) is 11.0 Å². The lowest BCUT2D eigenvalue weighted by Gasteiger charge is -2.27. The van der Waals surface area contributed by atoms with Crippen molar-refractivity contribution in [3.05, 3.63) is 231 Å². The molecular weight excluding hydrogens is 765 g/mol. The first-order valence-electron chi connectivity index (χ1n) is 21.6. The minimum atomic E-state index is 0.900. The van der Waals surface area contributed by atoms with Crippen LogP contribution in [0, 0.1) is 0 Å². The molecule has 0 saturated heterocycles. The summed E-state index contributed by atoms with van der Waals surface area (Å²) in [5, 5.41) is 12.0. The third kappa shape index (κ3) is 5.67. The Morgan fingerprint density at radius 2 is 0.857 bits per heavy atom. The van der Waals surface area contributed by atoms with Gasteiger partial charge in [-0.2, -0.15) is 0 Å². The van der Waals surface area contributed by atoms with Crippen LogP contribution in [0.15, 0.2) is 235 Å². The molecule has 0 bridgehead atoms. The van der Waals surface area contributed by atoms with Gasteiger partial charge in [-0.25, -0.2) is 0 Å². The Morgan fingerprint density at radius 3 is 1.65 bits per heavy atom. The summed E-state index contributed by atoms with van der Waals surface area (Å²) in [7, 11) is 0. The highest BCUT2D eigenvalue weighted by atomic mass is 16.3. The van der Waals surface area contributed by atoms with Gasteiger partial charge in [-0.05, 0) is 110 Å². The molecule has 3 nitrogen and oxygen atoms in total. The molecular formula is C60H38N2O. The van der Waals surface area contributed by atoms with Gasteiger partial charge >= 0.3 is 0 Å². The molecule has 0 aliphatic heterocycles. The van der Waals surface area contributed by atoms with Gasteiger partial charge in [-0.15, -0.1) is 0 Å². The molecule has 0 N–H and O–H groups in total. The molecule has 13 rings (SSSR count). The molecule has 294 valence electrons. The smallest absolute Gasteiger partial charge is 0.143 e. The van der Waals surface area contributed by atoms with Crippen molar-refractivity contribution < 1.29 is 4.42 Å². The van der Waals surface area contributed by atoms with Gasteiger partial charge in [-0.3, -0.25) is 0 Å². The molecule has 3 heteroatoms. The van der Waals surface area contributed by atoms with Crippen LogP contribution in [-0.2, 0) is 0 Å². The van der Waals surface area contributed by atoms with E-state index in [-0.39, 0.29) is 0 Å². The zero-order valence-electron chi connectivity index (χ0n) is 34.2. The normalized spacial score (nSPS) is 11.8. The average Bonchev–Trinajstić information content (AvgIpc) is 3.91. The number of rotatable bonds is 6. The third-order valence-corrected chi connectivity index (χ3v) is 12.9. The molecule has 0 aliphatic rings. The van der Waals surface area contributed by atoms with Crippen molar-refractivity contribution in [3.63, 3.8) is 0 Å². The van der Waals surface area contributed by atoms with E-state index in [0.717, 1.165) is 66.8 Å². The first-order chi connectivity index (χ1) is 31.2. The van der Waals surface area contributed by atoms with Crippen LogP contribution in [0.4, 0.5) is 17.1 Å². The van der Waals surface area contributed by atoms with Crippen molar-refractivity contribution in [3.8, 4) is 27.9 Å². The van der Waals surface area contributed by atoms with Gasteiger partial charge in [0.2, 0.25) is 0 Å². The van der Waals surface area contributed by atoms with Crippen LogP contribution in [0.5, 0.6) is 0 Å². The lowest BCUT2D eigenvalue weighted by Crippen LogP contribution is -2.10. The van der Waals surface area contributed by atoms with Crippen LogP contribution in [0.2, 0.25) is 0 Å². The van der Waals surface area contributed by atoms with Crippen LogP contribution in [0.3, 0.4) is 0 Å². The van der Waals surface area contributed by atoms with E-state index >= 15 is 0 Å². The lowest BCUT2D eigenvalue weighted by molar-refractivity contribution is 0.674. The molecule has 0 unspecified atom stereocenters. The zero-order valence-corrected chi connectivity index (χ0v) is 34.2. The maximum atomic E-state index is 6.82. The minimum absolute atomic E-state index is 0.900. The number of aromatic nitrogens is 1. The highest BCUT2D eigenvalue weighted by Crippen LogP contribution is 2.43. The highest BCUT2D eigenvalue weighted by Gasteiger charge is 2.19. The third-order valence-electron chi connectivity index (χ3n) is 12.9. The van der Waals surface area contributed by atoms with Crippen molar-refractivity contribution in [2.24, 2.45) is 0 Å². The Kier molecular flexibility index (Phi) is 7.91. The summed E-state index contributed by atoms with van der Waals surface area (Å²) >= 11 is 0. The highest BCUT2D eigenvalue weighted by molar-refractivity contribution is 6.17. The molecule has 13 aromatic rings. The summed E-state index contributed by atoms with van der Waals surface area (Å²) < 4.78 is 9.21. The molecule has 0 fully saturated rings. The first kappa shape index (κ1) is 35.4. The number of furan rings is 1. The van der Waals surface area contributed by atoms with Crippen molar-refractivity contribution >= 4 is 93.1 Å². The molecule has 0 aliphatic carbocycles. The first-order valence-corrected chi connectivity index (χ1v) is 21.6. The molecule has 2 aromatic heterocycles. The van der Waals surface area contributed by atoms with Crippen LogP contribution >= 0.6 is 0 Å². The monoisotopic (exact) mass is 802 g/mol. The summed E-state index contributed by atoms with van der Waals surface area (Å²) in [5.74, 6) is 0. The molecule has 0 saturated carbocycles. The van der Waals surface area contributed by atoms with E-state index in [9.17, 15) is 0 Å². The molecule has 11 aromatic carbocycles. The molecule has 0 radical (unpaired) electrons. The van der Waals surface area contributed by atoms with E-state index in [2.05, 4.69) is 240 Å². The second kappa shape index (κ2) is 14.1. The van der Waals surface area contributed by atoms with Crippen molar-refractivity contribution in [2.45, 2.75) is 0 Å². The fourth-order valence-electron chi connectivity index (χ4n) is 9.97. The van der Waals surface area contributed by atoms with E-state index in [1.54, 1.807) is 0 Å². The van der Waals surface area contributed by atoms with Crippen molar-refractivity contribution in [1.82, 2.24) is 4.57 Å². The van der Waals surface area contributed by atoms with Gasteiger partial charge in [0.15, 0.2) is 0 Å². The van der Waals surface area contributed by atoms with E-state index in [0.29, 0.717) is 0 Å². The van der Waals surface area contributed by atoms with Crippen LogP contribution in [-0.4, -0.2) is 4.57 Å². The largest absolute Gasteiger partial charge is 0.455 e. The average molecular weight is 803 g/mol. The Hall–Kier alpha value is -8.40. The van der Waals surface area contributed by atoms with Gasteiger partial charge < -0.3 is 13.9 Å². The van der Waals surface area contributed by atoms with Crippen molar-refractivity contribution in [1.29, 1.82) is 0 Å². The Labute approximate surface area is 363 Å². The molecule has 63 heavy (non-hydrogen) atoms. The summed E-state index contributed by atoms with van der Waals surface area (Å²) in [4.78, 5) is 2.38. The number of benzene rings is 11. The van der Waals surface area contributed by atoms with Gasteiger partial charge in [0.25, 0.3) is 0 Å². The summed E-state index contributed by atoms with van der Waals surface area (Å²) in [5.41, 5.74) is 13.1. The second-order valence-corrected chi connectivity index (χ2v) is 16.5. The molecule has 0 amide bonds. The predicted molar refractivity (Wildman–Crippen MR) is 266 cm³/mol. The van der Waals surface area contributed by atoms with E-state index in [1.165, 1.54) is 54.3 Å². The fraction of sp³-hybridized carbons (Fsp3) is 0. The fourth-order valence-corrected chi connectivity index (χ4v) is 9.97. The van der Waals surface area contributed by atoms with Gasteiger partial charge in [0.1, 0.15) is 11.2 Å². The number of para-hydroxylation sites is 3. The van der Waals surface area contributed by atoms with E-state index in [4.69, 9.17) is 4.42 Å². The van der Waals surface area contributed by atoms with E-state index < -0.39 is 0 Å². The standard InChI is InChI=1S/C60H38N2O/c1-3-18-49-40(12-1)26-27-42-30-34-48(38-56(42)49)61(46-16-10-15-44(37-46)51-22-11-23-54-55-35-31-41-13-2-4-19-50(41)59(55)63-60(51)54)45-32-28-39(29-33-45)43-14-9-17-47(36-43)62-57-24-7-5-20-52(57)53-21-6-8-25-58(53)62/h1-38H. The number of nitrogens with zero attached hydrogens (tertiary/aromatic N) is 2. The quantitative estimate of drug-likeness (QED) is 0.156. The maximum Gasteiger partial charge on any atom is 0.143 e. The van der Waals surface area contributed by atoms with Gasteiger partial charge in [0, 0.05) is 55.2 Å². The Bertz CT molecular complexity index is 3870. The second-order valence-electron chi connectivity index (χ2n) is 16.5. The minimum Gasteiger partial charge on any atom is -0.455 e. The molecule has 2 heterocycles. The number of anilines is 3.